The van der Waals surface area contributed by atoms with Gasteiger partial charge >= 0.3 is 0 Å². The summed E-state index contributed by atoms with van der Waals surface area (Å²) < 4.78 is 0. The Morgan fingerprint density at radius 3 is 3.00 bits per heavy atom. The van der Waals surface area contributed by atoms with Gasteiger partial charge in [0.2, 0.25) is 0 Å². The first-order valence-electron chi connectivity index (χ1n) is 8.37. The summed E-state index contributed by atoms with van der Waals surface area (Å²) in [5.41, 5.74) is 1.36. The van der Waals surface area contributed by atoms with Gasteiger partial charge in [-0.25, -0.2) is 4.98 Å². The Kier molecular flexibility index (Phi) is 4.82. The van der Waals surface area contributed by atoms with Gasteiger partial charge in [-0.05, 0) is 52.7 Å². The molecule has 21 heavy (non-hydrogen) atoms. The van der Waals surface area contributed by atoms with Crippen molar-refractivity contribution < 1.29 is 0 Å². The zero-order valence-corrected chi connectivity index (χ0v) is 14.4. The highest BCUT2D eigenvalue weighted by molar-refractivity contribution is 7.15. The fourth-order valence-electron chi connectivity index (χ4n) is 3.63. The van der Waals surface area contributed by atoms with Gasteiger partial charge in [-0.1, -0.05) is 18.3 Å². The molecule has 1 aromatic rings. The van der Waals surface area contributed by atoms with Crippen molar-refractivity contribution >= 4 is 16.5 Å². The minimum atomic E-state index is 0.537. The van der Waals surface area contributed by atoms with Crippen LogP contribution in [0, 0.1) is 0 Å². The number of hydrogen-bond donors (Lipinski definition) is 1. The lowest BCUT2D eigenvalue weighted by molar-refractivity contribution is 0.337. The lowest BCUT2D eigenvalue weighted by Gasteiger charge is -2.27. The van der Waals surface area contributed by atoms with Gasteiger partial charge in [0.25, 0.3) is 0 Å². The average Bonchev–Trinajstić information content (AvgIpc) is 2.80. The van der Waals surface area contributed by atoms with Gasteiger partial charge in [-0.15, -0.1) is 0 Å². The molecule has 2 heterocycles. The smallest absolute Gasteiger partial charge is 0.186 e. The second-order valence-corrected chi connectivity index (χ2v) is 7.48. The van der Waals surface area contributed by atoms with Crippen LogP contribution in [0.15, 0.2) is 0 Å². The molecule has 1 aliphatic heterocycles. The first-order chi connectivity index (χ1) is 10.2. The molecule has 1 aliphatic carbocycles. The number of thiazole rings is 1. The molecule has 4 nitrogen and oxygen atoms in total. The molecule has 1 saturated heterocycles. The Balaban J connectivity index is 1.83. The van der Waals surface area contributed by atoms with Crippen molar-refractivity contribution in [1.29, 1.82) is 0 Å². The molecule has 5 heteroatoms. The van der Waals surface area contributed by atoms with E-state index in [-0.39, 0.29) is 0 Å². The number of rotatable bonds is 3. The predicted octanol–water partition coefficient (Wildman–Crippen LogP) is 2.66. The summed E-state index contributed by atoms with van der Waals surface area (Å²) in [5.74, 6) is 0. The van der Waals surface area contributed by atoms with E-state index in [0.29, 0.717) is 12.1 Å². The average molecular weight is 308 g/mol. The minimum absolute atomic E-state index is 0.537. The Bertz CT molecular complexity index is 473. The van der Waals surface area contributed by atoms with Crippen LogP contribution in [-0.2, 0) is 6.42 Å². The van der Waals surface area contributed by atoms with E-state index in [2.05, 4.69) is 36.0 Å². The number of nitrogens with one attached hydrogen (secondary N) is 1. The van der Waals surface area contributed by atoms with Gasteiger partial charge in [0.15, 0.2) is 5.13 Å². The van der Waals surface area contributed by atoms with Crippen molar-refractivity contribution in [3.63, 3.8) is 0 Å². The number of aromatic nitrogens is 1. The van der Waals surface area contributed by atoms with E-state index in [1.165, 1.54) is 41.5 Å². The lowest BCUT2D eigenvalue weighted by atomic mass is 9.98. The number of anilines is 1. The van der Waals surface area contributed by atoms with Crippen molar-refractivity contribution in [3.05, 3.63) is 10.6 Å². The Morgan fingerprint density at radius 1 is 1.33 bits per heavy atom. The normalized spacial score (nSPS) is 27.5. The third kappa shape index (κ3) is 3.25. The van der Waals surface area contributed by atoms with Crippen LogP contribution in [0.3, 0.4) is 0 Å². The molecule has 1 N–H and O–H groups in total. The monoisotopic (exact) mass is 308 g/mol. The van der Waals surface area contributed by atoms with Crippen LogP contribution < -0.4 is 10.2 Å². The molecule has 2 atom stereocenters. The summed E-state index contributed by atoms with van der Waals surface area (Å²) in [6.07, 6.45) is 4.93. The third-order valence-electron chi connectivity index (χ3n) is 4.68. The van der Waals surface area contributed by atoms with Crippen molar-refractivity contribution in [2.75, 3.05) is 38.1 Å². The quantitative estimate of drug-likeness (QED) is 0.930. The molecule has 0 bridgehead atoms. The zero-order valence-electron chi connectivity index (χ0n) is 13.6. The van der Waals surface area contributed by atoms with Crippen LogP contribution in [-0.4, -0.2) is 49.2 Å². The van der Waals surface area contributed by atoms with Crippen LogP contribution in [0.2, 0.25) is 0 Å². The first-order valence-corrected chi connectivity index (χ1v) is 9.19. The summed E-state index contributed by atoms with van der Waals surface area (Å²) in [6, 6.07) is 1.10. The summed E-state index contributed by atoms with van der Waals surface area (Å²) in [6.45, 7) is 9.06. The van der Waals surface area contributed by atoms with E-state index >= 15 is 0 Å². The molecular formula is C16H28N4S. The second kappa shape index (κ2) is 6.63. The lowest BCUT2D eigenvalue weighted by Crippen LogP contribution is -2.37. The number of nitrogens with zero attached hydrogens (tertiary/aromatic N) is 3. The van der Waals surface area contributed by atoms with E-state index in [1.807, 2.05) is 11.3 Å². The highest BCUT2D eigenvalue weighted by atomic mass is 32.1. The maximum atomic E-state index is 5.01. The van der Waals surface area contributed by atoms with Gasteiger partial charge in [0.05, 0.1) is 5.69 Å². The highest BCUT2D eigenvalue weighted by Gasteiger charge is 2.28. The van der Waals surface area contributed by atoms with Gasteiger partial charge < -0.3 is 15.1 Å². The molecule has 1 fully saturated rings. The van der Waals surface area contributed by atoms with E-state index in [1.54, 1.807) is 0 Å². The van der Waals surface area contributed by atoms with Crippen molar-refractivity contribution in [1.82, 2.24) is 15.2 Å². The second-order valence-electron chi connectivity index (χ2n) is 6.47. The summed E-state index contributed by atoms with van der Waals surface area (Å²) in [5, 5.41) is 4.89. The maximum absolute atomic E-state index is 5.01. The Morgan fingerprint density at radius 2 is 2.19 bits per heavy atom. The minimum Gasteiger partial charge on any atom is -0.344 e. The molecule has 0 radical (unpaired) electrons. The predicted molar refractivity (Wildman–Crippen MR) is 90.4 cm³/mol. The molecule has 3 rings (SSSR count). The van der Waals surface area contributed by atoms with E-state index in [9.17, 15) is 0 Å². The highest BCUT2D eigenvalue weighted by Crippen LogP contribution is 2.38. The molecule has 118 valence electrons. The summed E-state index contributed by atoms with van der Waals surface area (Å²) in [4.78, 5) is 11.5. The zero-order chi connectivity index (χ0) is 14.8. The third-order valence-corrected chi connectivity index (χ3v) is 5.93. The van der Waals surface area contributed by atoms with Crippen LogP contribution in [0.5, 0.6) is 0 Å². The van der Waals surface area contributed by atoms with Crippen molar-refractivity contribution in [2.45, 2.75) is 51.6 Å². The molecule has 0 amide bonds. The van der Waals surface area contributed by atoms with Gasteiger partial charge in [-0.3, -0.25) is 0 Å². The molecule has 2 aliphatic rings. The first kappa shape index (κ1) is 15.3. The molecule has 0 saturated carbocycles. The van der Waals surface area contributed by atoms with E-state index in [0.717, 1.165) is 26.1 Å². The summed E-state index contributed by atoms with van der Waals surface area (Å²) >= 11 is 1.94. The van der Waals surface area contributed by atoms with Gasteiger partial charge in [0.1, 0.15) is 0 Å². The van der Waals surface area contributed by atoms with Crippen molar-refractivity contribution in [2.24, 2.45) is 0 Å². The molecule has 2 unspecified atom stereocenters. The van der Waals surface area contributed by atoms with E-state index in [4.69, 9.17) is 4.98 Å². The number of aryl methyl sites for hydroxylation is 1. The van der Waals surface area contributed by atoms with Gasteiger partial charge in [0, 0.05) is 30.1 Å². The number of hydrogen-bond acceptors (Lipinski definition) is 5. The van der Waals surface area contributed by atoms with Crippen molar-refractivity contribution in [3.8, 4) is 0 Å². The largest absolute Gasteiger partial charge is 0.344 e. The molecule has 0 aromatic carbocycles. The Labute approximate surface area is 132 Å². The summed E-state index contributed by atoms with van der Waals surface area (Å²) in [7, 11) is 2.23. The van der Waals surface area contributed by atoms with Gasteiger partial charge in [-0.2, -0.15) is 0 Å². The van der Waals surface area contributed by atoms with E-state index < -0.39 is 0 Å². The standard InChI is InChI=1S/C16H28N4S/c1-4-17-13-7-5-8-14-15(13)21-16(18-14)20-10-6-9-19(3)11-12(20)2/h12-13,17H,4-11H2,1-3H3. The fraction of sp³-hybridized carbons (Fsp3) is 0.812. The van der Waals surface area contributed by atoms with Crippen LogP contribution >= 0.6 is 11.3 Å². The number of likely N-dealkylation sites (N-methyl/N-ethyl adjacent to an activating group) is 1. The molecule has 1 aromatic heterocycles. The SMILES string of the molecule is CCNC1CCCc2nc(N3CCCN(C)CC3C)sc21. The van der Waals surface area contributed by atoms with Crippen LogP contribution in [0.1, 0.15) is 49.7 Å². The topological polar surface area (TPSA) is 31.4 Å². The number of fused-ring (bicyclic) bond motifs is 1. The molecular weight excluding hydrogens is 280 g/mol. The molecule has 0 spiro atoms. The van der Waals surface area contributed by atoms with Crippen LogP contribution in [0.4, 0.5) is 5.13 Å². The Hall–Kier alpha value is -0.650. The maximum Gasteiger partial charge on any atom is 0.186 e. The van der Waals surface area contributed by atoms with Crippen LogP contribution in [0.25, 0.3) is 0 Å². The fourth-order valence-corrected chi connectivity index (χ4v) is 4.98.